The Kier molecular flexibility index (Phi) is 3.54. The molecule has 1 heterocycles. The van der Waals surface area contributed by atoms with Gasteiger partial charge in [0.2, 0.25) is 0 Å². The predicted molar refractivity (Wildman–Crippen MR) is 68.3 cm³/mol. The molecule has 7 heteroatoms. The van der Waals surface area contributed by atoms with Crippen molar-refractivity contribution in [2.24, 2.45) is 0 Å². The molecule has 0 saturated heterocycles. The molecule has 0 atom stereocenters. The number of nitrogens with zero attached hydrogens (tertiary/aromatic N) is 1. The molecule has 2 aromatic rings. The summed E-state index contributed by atoms with van der Waals surface area (Å²) < 4.78 is 26.2. The number of benzene rings is 1. The number of hydrogen-bond donors (Lipinski definition) is 2. The Morgan fingerprint density at radius 1 is 1.11 bits per heavy atom. The molecule has 3 nitrogen and oxygen atoms in total. The van der Waals surface area contributed by atoms with Crippen molar-refractivity contribution >= 4 is 40.5 Å². The van der Waals surface area contributed by atoms with Crippen molar-refractivity contribution in [1.82, 2.24) is 4.98 Å². The lowest BCUT2D eigenvalue weighted by Gasteiger charge is -2.09. The third-order valence-electron chi connectivity index (χ3n) is 2.14. The fraction of sp³-hybridized carbons (Fsp3) is 0. The van der Waals surface area contributed by atoms with Crippen LogP contribution in [0.15, 0.2) is 24.3 Å². The molecule has 0 radical (unpaired) electrons. The molecule has 0 aliphatic heterocycles. The highest BCUT2D eigenvalue weighted by atomic mass is 35.5. The number of halogens is 4. The Hall–Kier alpha value is -1.59. The zero-order valence-electron chi connectivity index (χ0n) is 8.85. The van der Waals surface area contributed by atoms with E-state index in [0.717, 1.165) is 12.1 Å². The van der Waals surface area contributed by atoms with Crippen LogP contribution in [0.1, 0.15) is 0 Å². The quantitative estimate of drug-likeness (QED) is 0.879. The number of rotatable bonds is 2. The van der Waals surface area contributed by atoms with Crippen LogP contribution in [0.2, 0.25) is 10.0 Å². The minimum atomic E-state index is -0.763. The van der Waals surface area contributed by atoms with E-state index in [9.17, 15) is 8.78 Å². The summed E-state index contributed by atoms with van der Waals surface area (Å²) in [7, 11) is 0. The molecule has 18 heavy (non-hydrogen) atoms. The summed E-state index contributed by atoms with van der Waals surface area (Å²) in [6.45, 7) is 0. The molecule has 3 N–H and O–H groups in total. The highest BCUT2D eigenvalue weighted by molar-refractivity contribution is 6.37. The van der Waals surface area contributed by atoms with Crippen LogP contribution in [-0.4, -0.2) is 4.98 Å². The Morgan fingerprint density at radius 3 is 2.50 bits per heavy atom. The largest absolute Gasteiger partial charge is 0.382 e. The topological polar surface area (TPSA) is 50.9 Å². The second kappa shape index (κ2) is 4.96. The van der Waals surface area contributed by atoms with Crippen molar-refractivity contribution in [2.45, 2.75) is 0 Å². The van der Waals surface area contributed by atoms with Crippen LogP contribution < -0.4 is 11.1 Å². The van der Waals surface area contributed by atoms with E-state index >= 15 is 0 Å². The normalized spacial score (nSPS) is 10.4. The Morgan fingerprint density at radius 2 is 1.83 bits per heavy atom. The maximum atomic E-state index is 13.4. The fourth-order valence-corrected chi connectivity index (χ4v) is 1.69. The summed E-state index contributed by atoms with van der Waals surface area (Å²) in [5, 5.41) is 2.99. The van der Waals surface area contributed by atoms with Gasteiger partial charge < -0.3 is 11.1 Å². The molecule has 0 saturated carbocycles. The summed E-state index contributed by atoms with van der Waals surface area (Å²) in [4.78, 5) is 3.87. The predicted octanol–water partition coefficient (Wildman–Crippen LogP) is 3.99. The Labute approximate surface area is 112 Å². The van der Waals surface area contributed by atoms with E-state index in [1.165, 1.54) is 12.1 Å². The van der Waals surface area contributed by atoms with Gasteiger partial charge in [0.05, 0.1) is 15.7 Å². The highest BCUT2D eigenvalue weighted by Crippen LogP contribution is 2.30. The smallest absolute Gasteiger partial charge is 0.151 e. The molecule has 0 spiro atoms. The number of nitrogens with two attached hydrogens (primary N) is 1. The average molecular weight is 290 g/mol. The maximum Gasteiger partial charge on any atom is 0.151 e. The van der Waals surface area contributed by atoms with Crippen LogP contribution in [0.4, 0.5) is 26.1 Å². The van der Waals surface area contributed by atoms with E-state index in [0.29, 0.717) is 0 Å². The molecule has 94 valence electrons. The number of anilines is 3. The van der Waals surface area contributed by atoms with Gasteiger partial charge in [-0.2, -0.15) is 0 Å². The van der Waals surface area contributed by atoms with E-state index in [-0.39, 0.29) is 27.4 Å². The minimum Gasteiger partial charge on any atom is -0.382 e. The summed E-state index contributed by atoms with van der Waals surface area (Å²) in [6, 6.07) is 4.47. The lowest BCUT2D eigenvalue weighted by Crippen LogP contribution is -2.00. The van der Waals surface area contributed by atoms with Crippen molar-refractivity contribution in [1.29, 1.82) is 0 Å². The first kappa shape index (κ1) is 12.9. The first-order valence-electron chi connectivity index (χ1n) is 4.81. The molecular formula is C11H7Cl2F2N3. The minimum absolute atomic E-state index is 0.0347. The molecule has 0 fully saturated rings. The molecule has 0 unspecified atom stereocenters. The zero-order valence-corrected chi connectivity index (χ0v) is 10.4. The SMILES string of the molecule is Nc1nc(Nc2ccc(F)cc2F)c(Cl)cc1Cl. The van der Waals surface area contributed by atoms with Crippen LogP contribution in [-0.2, 0) is 0 Å². The van der Waals surface area contributed by atoms with Gasteiger partial charge in [0.25, 0.3) is 0 Å². The average Bonchev–Trinajstić information content (AvgIpc) is 2.29. The van der Waals surface area contributed by atoms with Gasteiger partial charge in [-0.15, -0.1) is 0 Å². The third-order valence-corrected chi connectivity index (χ3v) is 2.73. The summed E-state index contributed by atoms with van der Waals surface area (Å²) in [5.74, 6) is -1.23. The van der Waals surface area contributed by atoms with Gasteiger partial charge in [-0.3, -0.25) is 0 Å². The molecule has 0 aliphatic rings. The molecule has 2 rings (SSSR count). The lowest BCUT2D eigenvalue weighted by atomic mass is 10.3. The van der Waals surface area contributed by atoms with Crippen LogP contribution in [0, 0.1) is 11.6 Å². The molecular weight excluding hydrogens is 283 g/mol. The van der Waals surface area contributed by atoms with Crippen molar-refractivity contribution in [3.05, 3.63) is 45.9 Å². The van der Waals surface area contributed by atoms with Crippen LogP contribution in [0.25, 0.3) is 0 Å². The molecule has 1 aromatic heterocycles. The van der Waals surface area contributed by atoms with E-state index in [4.69, 9.17) is 28.9 Å². The maximum absolute atomic E-state index is 13.4. The lowest BCUT2D eigenvalue weighted by molar-refractivity contribution is 0.586. The second-order valence-electron chi connectivity index (χ2n) is 3.44. The molecule has 1 aromatic carbocycles. The Balaban J connectivity index is 2.37. The Bertz CT molecular complexity index is 605. The molecule has 0 bridgehead atoms. The van der Waals surface area contributed by atoms with Gasteiger partial charge in [-0.05, 0) is 18.2 Å². The monoisotopic (exact) mass is 289 g/mol. The van der Waals surface area contributed by atoms with E-state index in [2.05, 4.69) is 10.3 Å². The number of aromatic nitrogens is 1. The van der Waals surface area contributed by atoms with Gasteiger partial charge >= 0.3 is 0 Å². The molecule has 0 aliphatic carbocycles. The van der Waals surface area contributed by atoms with Crippen molar-refractivity contribution < 1.29 is 8.78 Å². The highest BCUT2D eigenvalue weighted by Gasteiger charge is 2.10. The van der Waals surface area contributed by atoms with Crippen LogP contribution in [0.5, 0.6) is 0 Å². The second-order valence-corrected chi connectivity index (χ2v) is 4.25. The third kappa shape index (κ3) is 2.63. The van der Waals surface area contributed by atoms with Gasteiger partial charge in [0.15, 0.2) is 5.82 Å². The van der Waals surface area contributed by atoms with Gasteiger partial charge in [-0.1, -0.05) is 23.2 Å². The summed E-state index contributed by atoms with van der Waals surface area (Å²) >= 11 is 11.6. The standard InChI is InChI=1S/C11H7Cl2F2N3/c12-6-4-7(13)11(18-10(6)16)17-9-2-1-5(14)3-8(9)15/h1-4H,(H3,16,17,18). The van der Waals surface area contributed by atoms with Gasteiger partial charge in [0, 0.05) is 6.07 Å². The number of pyridine rings is 1. The van der Waals surface area contributed by atoms with Crippen LogP contribution in [0.3, 0.4) is 0 Å². The fourth-order valence-electron chi connectivity index (χ4n) is 1.29. The number of nitrogens with one attached hydrogen (secondary N) is 1. The van der Waals surface area contributed by atoms with Crippen molar-refractivity contribution in [3.63, 3.8) is 0 Å². The van der Waals surface area contributed by atoms with E-state index < -0.39 is 11.6 Å². The number of nitrogen functional groups attached to an aromatic ring is 1. The summed E-state index contributed by atoms with van der Waals surface area (Å²) in [6.07, 6.45) is 0. The first-order chi connectivity index (χ1) is 8.47. The van der Waals surface area contributed by atoms with Crippen molar-refractivity contribution in [3.8, 4) is 0 Å². The van der Waals surface area contributed by atoms with E-state index in [1.807, 2.05) is 0 Å². The zero-order chi connectivity index (χ0) is 13.3. The van der Waals surface area contributed by atoms with Gasteiger partial charge in [-0.25, -0.2) is 13.8 Å². The van der Waals surface area contributed by atoms with Crippen molar-refractivity contribution in [2.75, 3.05) is 11.1 Å². The molecule has 0 amide bonds. The number of hydrogen-bond acceptors (Lipinski definition) is 3. The summed E-state index contributed by atoms with van der Waals surface area (Å²) in [5.41, 5.74) is 5.54. The van der Waals surface area contributed by atoms with E-state index in [1.54, 1.807) is 0 Å². The van der Waals surface area contributed by atoms with Gasteiger partial charge in [0.1, 0.15) is 17.5 Å². The first-order valence-corrected chi connectivity index (χ1v) is 5.56. The van der Waals surface area contributed by atoms with Crippen LogP contribution >= 0.6 is 23.2 Å².